The lowest BCUT2D eigenvalue weighted by molar-refractivity contribution is 0.223. The summed E-state index contributed by atoms with van der Waals surface area (Å²) in [5.74, 6) is 0.366. The number of aryl methyl sites for hydroxylation is 2. The maximum absolute atomic E-state index is 9.54. The Kier molecular flexibility index (Phi) is 4.77. The van der Waals surface area contributed by atoms with Crippen molar-refractivity contribution in [2.24, 2.45) is 0 Å². The quantitative estimate of drug-likeness (QED) is 0.794. The van der Waals surface area contributed by atoms with Crippen LogP contribution >= 0.6 is 0 Å². The van der Waals surface area contributed by atoms with Gasteiger partial charge in [-0.1, -0.05) is 6.07 Å². The van der Waals surface area contributed by atoms with E-state index >= 15 is 0 Å². The number of aliphatic hydroxyl groups is 1. The summed E-state index contributed by atoms with van der Waals surface area (Å²) in [7, 11) is 2.00. The van der Waals surface area contributed by atoms with Gasteiger partial charge in [0.2, 0.25) is 0 Å². The van der Waals surface area contributed by atoms with Gasteiger partial charge in [-0.2, -0.15) is 0 Å². The van der Waals surface area contributed by atoms with Gasteiger partial charge in [-0.3, -0.25) is 0 Å². The number of phenols is 1. The number of hydrogen-bond acceptors (Lipinski definition) is 3. The average molecular weight is 223 g/mol. The smallest absolute Gasteiger partial charge is 0.118 e. The summed E-state index contributed by atoms with van der Waals surface area (Å²) in [6.45, 7) is 5.75. The molecule has 90 valence electrons. The van der Waals surface area contributed by atoms with Crippen molar-refractivity contribution >= 4 is 0 Å². The van der Waals surface area contributed by atoms with Gasteiger partial charge >= 0.3 is 0 Å². The highest BCUT2D eigenvalue weighted by atomic mass is 16.3. The maximum Gasteiger partial charge on any atom is 0.118 e. The van der Waals surface area contributed by atoms with Crippen molar-refractivity contribution in [1.82, 2.24) is 4.90 Å². The van der Waals surface area contributed by atoms with Crippen LogP contribution in [-0.4, -0.2) is 41.9 Å². The highest BCUT2D eigenvalue weighted by Gasteiger charge is 2.05. The third-order valence-electron chi connectivity index (χ3n) is 2.90. The molecule has 0 aliphatic heterocycles. The van der Waals surface area contributed by atoms with E-state index in [9.17, 15) is 5.11 Å². The fourth-order valence-electron chi connectivity index (χ4n) is 1.72. The second-order valence-corrected chi connectivity index (χ2v) is 4.34. The number of benzene rings is 1. The topological polar surface area (TPSA) is 43.7 Å². The van der Waals surface area contributed by atoms with E-state index in [4.69, 9.17) is 5.11 Å². The van der Waals surface area contributed by atoms with E-state index in [1.807, 2.05) is 33.0 Å². The third-order valence-corrected chi connectivity index (χ3v) is 2.90. The highest BCUT2D eigenvalue weighted by Crippen LogP contribution is 2.21. The predicted octanol–water partition coefficient (Wildman–Crippen LogP) is 1.48. The molecule has 0 heterocycles. The maximum atomic E-state index is 9.54. The number of nitrogens with zero attached hydrogens (tertiary/aromatic N) is 1. The highest BCUT2D eigenvalue weighted by molar-refractivity contribution is 5.40. The molecule has 0 unspecified atom stereocenters. The first-order valence-corrected chi connectivity index (χ1v) is 5.63. The van der Waals surface area contributed by atoms with Crippen LogP contribution in [0.25, 0.3) is 0 Å². The third kappa shape index (κ3) is 3.51. The molecule has 0 saturated carbocycles. The molecule has 0 aromatic heterocycles. The first-order valence-electron chi connectivity index (χ1n) is 5.63. The minimum absolute atomic E-state index is 0.198. The Hall–Kier alpha value is -1.06. The fourth-order valence-corrected chi connectivity index (χ4v) is 1.72. The molecule has 1 aromatic rings. The zero-order chi connectivity index (χ0) is 12.1. The molecule has 1 rings (SSSR count). The van der Waals surface area contributed by atoms with Crippen LogP contribution in [0, 0.1) is 13.8 Å². The van der Waals surface area contributed by atoms with Gasteiger partial charge in [-0.25, -0.2) is 0 Å². The lowest BCUT2D eigenvalue weighted by Crippen LogP contribution is -2.24. The second-order valence-electron chi connectivity index (χ2n) is 4.34. The van der Waals surface area contributed by atoms with Crippen LogP contribution in [0.2, 0.25) is 0 Å². The number of hydrogen-bond donors (Lipinski definition) is 2. The minimum Gasteiger partial charge on any atom is -0.508 e. The molecule has 16 heavy (non-hydrogen) atoms. The van der Waals surface area contributed by atoms with Crippen LogP contribution < -0.4 is 0 Å². The summed E-state index contributed by atoms with van der Waals surface area (Å²) in [5, 5.41) is 18.3. The van der Waals surface area contributed by atoms with E-state index in [0.29, 0.717) is 12.3 Å². The number of likely N-dealkylation sites (N-methyl/N-ethyl adjacent to an activating group) is 1. The van der Waals surface area contributed by atoms with E-state index < -0.39 is 0 Å². The number of phenolic OH excluding ortho intramolecular Hbond substituents is 1. The van der Waals surface area contributed by atoms with Crippen LogP contribution in [0.4, 0.5) is 0 Å². The van der Waals surface area contributed by atoms with Crippen LogP contribution in [-0.2, 0) is 6.42 Å². The van der Waals surface area contributed by atoms with E-state index in [1.165, 1.54) is 5.56 Å². The molecule has 2 N–H and O–H groups in total. The monoisotopic (exact) mass is 223 g/mol. The molecule has 3 heteroatoms. The Morgan fingerprint density at radius 1 is 1.12 bits per heavy atom. The van der Waals surface area contributed by atoms with Crippen molar-refractivity contribution < 1.29 is 10.2 Å². The van der Waals surface area contributed by atoms with Crippen molar-refractivity contribution in [1.29, 1.82) is 0 Å². The number of aromatic hydroxyl groups is 1. The molecule has 0 atom stereocenters. The van der Waals surface area contributed by atoms with Crippen molar-refractivity contribution in [3.63, 3.8) is 0 Å². The Labute approximate surface area is 97.3 Å². The lowest BCUT2D eigenvalue weighted by atomic mass is 10.0. The summed E-state index contributed by atoms with van der Waals surface area (Å²) >= 11 is 0. The predicted molar refractivity (Wildman–Crippen MR) is 65.9 cm³/mol. The van der Waals surface area contributed by atoms with Crippen molar-refractivity contribution in [3.05, 3.63) is 28.8 Å². The van der Waals surface area contributed by atoms with Gasteiger partial charge in [-0.05, 0) is 50.1 Å². The zero-order valence-electron chi connectivity index (χ0n) is 10.3. The molecule has 1 aromatic carbocycles. The van der Waals surface area contributed by atoms with Gasteiger partial charge in [0.15, 0.2) is 0 Å². The first kappa shape index (κ1) is 13.0. The Balaban J connectivity index is 2.63. The minimum atomic E-state index is 0.198. The van der Waals surface area contributed by atoms with Crippen molar-refractivity contribution in [3.8, 4) is 5.75 Å². The number of aliphatic hydroxyl groups excluding tert-OH is 1. The molecule has 0 amide bonds. The van der Waals surface area contributed by atoms with Gasteiger partial charge in [0.1, 0.15) is 5.75 Å². The largest absolute Gasteiger partial charge is 0.508 e. The molecular formula is C13H21NO2. The van der Waals surface area contributed by atoms with E-state index in [0.717, 1.165) is 24.1 Å². The van der Waals surface area contributed by atoms with E-state index in [1.54, 1.807) is 0 Å². The normalized spacial score (nSPS) is 11.1. The molecule has 0 fully saturated rings. The molecular weight excluding hydrogens is 202 g/mol. The fraction of sp³-hybridized carbons (Fsp3) is 0.538. The molecule has 0 aliphatic carbocycles. The summed E-state index contributed by atoms with van der Waals surface area (Å²) < 4.78 is 0. The second kappa shape index (κ2) is 5.87. The van der Waals surface area contributed by atoms with Crippen molar-refractivity contribution in [2.75, 3.05) is 26.7 Å². The van der Waals surface area contributed by atoms with Gasteiger partial charge in [0.05, 0.1) is 6.61 Å². The Morgan fingerprint density at radius 2 is 1.81 bits per heavy atom. The Bertz CT molecular complexity index is 350. The van der Waals surface area contributed by atoms with Crippen LogP contribution in [0.1, 0.15) is 16.7 Å². The summed E-state index contributed by atoms with van der Waals surface area (Å²) in [5.41, 5.74) is 3.31. The van der Waals surface area contributed by atoms with Gasteiger partial charge in [-0.15, -0.1) is 0 Å². The first-order chi connectivity index (χ1) is 7.54. The average Bonchev–Trinajstić information content (AvgIpc) is 2.22. The summed E-state index contributed by atoms with van der Waals surface area (Å²) in [6.07, 6.45) is 0.948. The Morgan fingerprint density at radius 3 is 2.44 bits per heavy atom. The van der Waals surface area contributed by atoms with Crippen LogP contribution in [0.15, 0.2) is 12.1 Å². The van der Waals surface area contributed by atoms with E-state index in [-0.39, 0.29) is 6.61 Å². The summed E-state index contributed by atoms with van der Waals surface area (Å²) in [4.78, 5) is 2.10. The molecule has 0 aliphatic rings. The van der Waals surface area contributed by atoms with Crippen LogP contribution in [0.5, 0.6) is 5.75 Å². The van der Waals surface area contributed by atoms with E-state index in [2.05, 4.69) is 4.90 Å². The molecule has 0 saturated heterocycles. The molecule has 0 bridgehead atoms. The van der Waals surface area contributed by atoms with Gasteiger partial charge in [0.25, 0.3) is 0 Å². The van der Waals surface area contributed by atoms with Crippen molar-refractivity contribution in [2.45, 2.75) is 20.3 Å². The SMILES string of the molecule is Cc1cc(CCN(C)CCO)c(C)cc1O. The molecule has 0 radical (unpaired) electrons. The van der Waals surface area contributed by atoms with Gasteiger partial charge < -0.3 is 15.1 Å². The zero-order valence-corrected chi connectivity index (χ0v) is 10.3. The van der Waals surface area contributed by atoms with Crippen LogP contribution in [0.3, 0.4) is 0 Å². The molecule has 3 nitrogen and oxygen atoms in total. The molecule has 0 spiro atoms. The number of rotatable bonds is 5. The summed E-state index contributed by atoms with van der Waals surface area (Å²) in [6, 6.07) is 3.86. The standard InChI is InChI=1S/C13H21NO2/c1-10-9-13(16)11(2)8-12(10)4-5-14(3)6-7-15/h8-9,15-16H,4-7H2,1-3H3. The lowest BCUT2D eigenvalue weighted by Gasteiger charge is -2.16. The van der Waals surface area contributed by atoms with Gasteiger partial charge in [0, 0.05) is 13.1 Å².